The lowest BCUT2D eigenvalue weighted by molar-refractivity contribution is 0.215. The van der Waals surface area contributed by atoms with Crippen molar-refractivity contribution in [1.82, 2.24) is 24.6 Å². The third-order valence-corrected chi connectivity index (χ3v) is 6.64. The number of aromatic nitrogens is 4. The number of H-pyrrole nitrogens is 1. The number of anilines is 1. The first-order valence-electron chi connectivity index (χ1n) is 12.5. The van der Waals surface area contributed by atoms with Crippen LogP contribution in [0.25, 0.3) is 22.2 Å². The summed E-state index contributed by atoms with van der Waals surface area (Å²) in [4.78, 5) is 22.8. The smallest absolute Gasteiger partial charge is 0.407 e. The van der Waals surface area contributed by atoms with E-state index in [1.165, 1.54) is 37.7 Å². The number of pyridine rings is 1. The number of aromatic amines is 1. The standard InChI is InChI=1S/C29H28N6O2/c36-29(37-25-16-32-35(20-25)19-21-7-2-1-3-8-21)33-27-17-31-28-26(27)14-24(15-30-28)23-10-6-9-22(13-23)18-34-11-4-5-12-34/h1-3,6-10,13-17,20H,4-5,11-12,18-19H2,(H,30,31)(H,33,36). The van der Waals surface area contributed by atoms with Crippen LogP contribution in [0, 0.1) is 0 Å². The van der Waals surface area contributed by atoms with Crippen LogP contribution in [0.3, 0.4) is 0 Å². The van der Waals surface area contributed by atoms with E-state index in [9.17, 15) is 4.79 Å². The molecule has 0 saturated carbocycles. The van der Waals surface area contributed by atoms with Crippen molar-refractivity contribution in [2.45, 2.75) is 25.9 Å². The van der Waals surface area contributed by atoms with Crippen molar-refractivity contribution in [3.8, 4) is 16.9 Å². The van der Waals surface area contributed by atoms with E-state index < -0.39 is 6.09 Å². The van der Waals surface area contributed by atoms with E-state index in [0.29, 0.717) is 23.6 Å². The quantitative estimate of drug-likeness (QED) is 0.305. The lowest BCUT2D eigenvalue weighted by atomic mass is 10.0. The number of benzene rings is 2. The van der Waals surface area contributed by atoms with Crippen molar-refractivity contribution in [2.24, 2.45) is 0 Å². The van der Waals surface area contributed by atoms with Crippen molar-refractivity contribution in [3.05, 3.63) is 96.6 Å². The van der Waals surface area contributed by atoms with E-state index in [2.05, 4.69) is 49.5 Å². The fourth-order valence-electron chi connectivity index (χ4n) is 4.81. The molecule has 2 aromatic carbocycles. The Bertz CT molecular complexity index is 1520. The number of nitrogens with zero attached hydrogens (tertiary/aromatic N) is 4. The molecule has 4 heterocycles. The van der Waals surface area contributed by atoms with E-state index in [-0.39, 0.29) is 0 Å². The largest absolute Gasteiger partial charge is 0.417 e. The molecule has 0 radical (unpaired) electrons. The minimum atomic E-state index is -0.585. The average Bonchev–Trinajstić information content (AvgIpc) is 3.67. The highest BCUT2D eigenvalue weighted by Gasteiger charge is 2.14. The summed E-state index contributed by atoms with van der Waals surface area (Å²) in [5.41, 5.74) is 5.82. The zero-order valence-corrected chi connectivity index (χ0v) is 20.4. The van der Waals surface area contributed by atoms with E-state index >= 15 is 0 Å². The Kier molecular flexibility index (Phi) is 6.39. The molecule has 5 aromatic rings. The molecule has 8 nitrogen and oxygen atoms in total. The monoisotopic (exact) mass is 492 g/mol. The summed E-state index contributed by atoms with van der Waals surface area (Å²) >= 11 is 0. The molecule has 1 aliphatic heterocycles. The van der Waals surface area contributed by atoms with Gasteiger partial charge >= 0.3 is 6.09 Å². The van der Waals surface area contributed by atoms with Gasteiger partial charge in [-0.1, -0.05) is 48.5 Å². The number of hydrogen-bond acceptors (Lipinski definition) is 5. The zero-order valence-electron chi connectivity index (χ0n) is 20.4. The lowest BCUT2D eigenvalue weighted by Crippen LogP contribution is -2.18. The molecule has 2 N–H and O–H groups in total. The maximum absolute atomic E-state index is 12.6. The minimum Gasteiger partial charge on any atom is -0.407 e. The van der Waals surface area contributed by atoms with Crippen molar-refractivity contribution >= 4 is 22.8 Å². The number of carbonyl (C=O) groups excluding carboxylic acids is 1. The molecule has 0 atom stereocenters. The van der Waals surface area contributed by atoms with Crippen LogP contribution < -0.4 is 10.1 Å². The van der Waals surface area contributed by atoms with Gasteiger partial charge in [-0.15, -0.1) is 0 Å². The second kappa shape index (κ2) is 10.3. The molecule has 1 saturated heterocycles. The molecule has 0 unspecified atom stereocenters. The fourth-order valence-corrected chi connectivity index (χ4v) is 4.81. The SMILES string of the molecule is O=C(Nc1c[nH]c2ncc(-c3cccc(CN4CCCC4)c3)cc12)Oc1cnn(Cc2ccccc2)c1. The van der Waals surface area contributed by atoms with Gasteiger partial charge in [-0.3, -0.25) is 14.9 Å². The van der Waals surface area contributed by atoms with Gasteiger partial charge < -0.3 is 9.72 Å². The Morgan fingerprint density at radius 3 is 2.65 bits per heavy atom. The number of amides is 1. The molecule has 8 heteroatoms. The highest BCUT2D eigenvalue weighted by atomic mass is 16.6. The number of carbonyl (C=O) groups is 1. The molecule has 1 aliphatic rings. The van der Waals surface area contributed by atoms with Crippen LogP contribution in [0.5, 0.6) is 5.75 Å². The zero-order chi connectivity index (χ0) is 25.0. The van der Waals surface area contributed by atoms with Crippen LogP contribution in [0.15, 0.2) is 85.5 Å². The molecule has 37 heavy (non-hydrogen) atoms. The Balaban J connectivity index is 1.15. The van der Waals surface area contributed by atoms with Gasteiger partial charge in [-0.2, -0.15) is 5.10 Å². The first kappa shape index (κ1) is 23.0. The highest BCUT2D eigenvalue weighted by Crippen LogP contribution is 2.28. The molecule has 6 rings (SSSR count). The van der Waals surface area contributed by atoms with Gasteiger partial charge in [-0.05, 0) is 54.8 Å². The van der Waals surface area contributed by atoms with Gasteiger partial charge in [0.1, 0.15) is 5.65 Å². The Hall–Kier alpha value is -4.43. The molecule has 0 bridgehead atoms. The topological polar surface area (TPSA) is 88.1 Å². The third-order valence-electron chi connectivity index (χ3n) is 6.64. The number of rotatable bonds is 7. The Morgan fingerprint density at radius 2 is 1.78 bits per heavy atom. The van der Waals surface area contributed by atoms with E-state index in [1.54, 1.807) is 17.1 Å². The number of likely N-dealkylation sites (tertiary alicyclic amines) is 1. The predicted molar refractivity (Wildman–Crippen MR) is 143 cm³/mol. The number of nitrogens with one attached hydrogen (secondary N) is 2. The molecule has 3 aromatic heterocycles. The van der Waals surface area contributed by atoms with E-state index in [4.69, 9.17) is 4.74 Å². The van der Waals surface area contributed by atoms with Crippen LogP contribution in [0.2, 0.25) is 0 Å². The Morgan fingerprint density at radius 1 is 0.946 bits per heavy atom. The summed E-state index contributed by atoms with van der Waals surface area (Å²) in [6, 6.07) is 20.6. The van der Waals surface area contributed by atoms with Gasteiger partial charge in [0.25, 0.3) is 0 Å². The summed E-state index contributed by atoms with van der Waals surface area (Å²) in [6.45, 7) is 3.90. The molecular formula is C29H28N6O2. The van der Waals surface area contributed by atoms with Gasteiger partial charge in [0.15, 0.2) is 5.75 Å². The summed E-state index contributed by atoms with van der Waals surface area (Å²) in [7, 11) is 0. The first-order valence-corrected chi connectivity index (χ1v) is 12.5. The van der Waals surface area contributed by atoms with E-state index in [1.807, 2.05) is 42.6 Å². The van der Waals surface area contributed by atoms with Gasteiger partial charge in [-0.25, -0.2) is 9.78 Å². The molecule has 1 amide bonds. The van der Waals surface area contributed by atoms with Gasteiger partial charge in [0, 0.05) is 29.9 Å². The average molecular weight is 493 g/mol. The highest BCUT2D eigenvalue weighted by molar-refractivity contribution is 6.00. The summed E-state index contributed by atoms with van der Waals surface area (Å²) in [6.07, 6.45) is 8.80. The van der Waals surface area contributed by atoms with Crippen LogP contribution in [-0.4, -0.2) is 43.8 Å². The van der Waals surface area contributed by atoms with Crippen LogP contribution in [0.1, 0.15) is 24.0 Å². The summed E-state index contributed by atoms with van der Waals surface area (Å²) in [5.74, 6) is 0.377. The molecule has 1 fully saturated rings. The normalized spacial score (nSPS) is 13.7. The van der Waals surface area contributed by atoms with Crippen molar-refractivity contribution < 1.29 is 9.53 Å². The van der Waals surface area contributed by atoms with E-state index in [0.717, 1.165) is 28.6 Å². The van der Waals surface area contributed by atoms with Crippen LogP contribution in [-0.2, 0) is 13.1 Å². The molecular weight excluding hydrogens is 464 g/mol. The second-order valence-electron chi connectivity index (χ2n) is 9.38. The number of fused-ring (bicyclic) bond motifs is 1. The fraction of sp³-hybridized carbons (Fsp3) is 0.207. The van der Waals surface area contributed by atoms with Crippen LogP contribution in [0.4, 0.5) is 10.5 Å². The summed E-state index contributed by atoms with van der Waals surface area (Å²) in [5, 5.41) is 7.94. The van der Waals surface area contributed by atoms with Crippen molar-refractivity contribution in [3.63, 3.8) is 0 Å². The third kappa shape index (κ3) is 5.39. The van der Waals surface area contributed by atoms with Crippen molar-refractivity contribution in [2.75, 3.05) is 18.4 Å². The molecule has 0 aliphatic carbocycles. The first-order chi connectivity index (χ1) is 18.2. The summed E-state index contributed by atoms with van der Waals surface area (Å²) < 4.78 is 7.21. The number of hydrogen-bond donors (Lipinski definition) is 2. The maximum atomic E-state index is 12.6. The maximum Gasteiger partial charge on any atom is 0.417 e. The molecule has 0 spiro atoms. The number of ether oxygens (including phenoxy) is 1. The van der Waals surface area contributed by atoms with Gasteiger partial charge in [0.05, 0.1) is 24.6 Å². The van der Waals surface area contributed by atoms with Crippen molar-refractivity contribution in [1.29, 1.82) is 0 Å². The van der Waals surface area contributed by atoms with Gasteiger partial charge in [0.2, 0.25) is 0 Å². The Labute approximate surface area is 214 Å². The second-order valence-corrected chi connectivity index (χ2v) is 9.38. The van der Waals surface area contributed by atoms with Crippen LogP contribution >= 0.6 is 0 Å². The molecule has 186 valence electrons. The minimum absolute atomic E-state index is 0.377. The predicted octanol–water partition coefficient (Wildman–Crippen LogP) is 5.68. The lowest BCUT2D eigenvalue weighted by Gasteiger charge is -2.15.